The van der Waals surface area contributed by atoms with E-state index in [1.165, 1.54) is 7.11 Å². The Labute approximate surface area is 135 Å². The molecule has 1 aliphatic rings. The quantitative estimate of drug-likeness (QED) is 0.771. The summed E-state index contributed by atoms with van der Waals surface area (Å²) in [6.07, 6.45) is 2.99. The molecule has 1 aliphatic heterocycles. The molecule has 2 rings (SSSR count). The molecule has 1 fully saturated rings. The number of hydrogen-bond acceptors (Lipinski definition) is 4. The lowest BCUT2D eigenvalue weighted by Gasteiger charge is -2.20. The molecule has 6 heteroatoms. The van der Waals surface area contributed by atoms with E-state index >= 15 is 0 Å². The van der Waals surface area contributed by atoms with Crippen molar-refractivity contribution in [2.75, 3.05) is 25.6 Å². The third kappa shape index (κ3) is 3.96. The number of carbonyl (C=O) groups is 1. The van der Waals surface area contributed by atoms with E-state index in [0.717, 1.165) is 47.1 Å². The van der Waals surface area contributed by atoms with Gasteiger partial charge in [0.15, 0.2) is 0 Å². The SMILES string of the molecule is COC(=O)c1cc(Br)cc(Br)c1NC1CCCOCC1. The van der Waals surface area contributed by atoms with Crippen LogP contribution >= 0.6 is 31.9 Å². The molecule has 1 saturated heterocycles. The summed E-state index contributed by atoms with van der Waals surface area (Å²) < 4.78 is 12.0. The van der Waals surface area contributed by atoms with Crippen LogP contribution in [0.1, 0.15) is 29.6 Å². The van der Waals surface area contributed by atoms with Crippen LogP contribution in [0.4, 0.5) is 5.69 Å². The Morgan fingerprint density at radius 1 is 1.35 bits per heavy atom. The lowest BCUT2D eigenvalue weighted by molar-refractivity contribution is 0.0601. The topological polar surface area (TPSA) is 47.6 Å². The number of benzene rings is 1. The van der Waals surface area contributed by atoms with Gasteiger partial charge >= 0.3 is 5.97 Å². The summed E-state index contributed by atoms with van der Waals surface area (Å²) >= 11 is 6.91. The number of nitrogens with one attached hydrogen (secondary N) is 1. The maximum Gasteiger partial charge on any atom is 0.340 e. The standard InChI is InChI=1S/C14H17Br2NO3/c1-19-14(18)11-7-9(15)8-12(16)13(11)17-10-3-2-5-20-6-4-10/h7-8,10,17H,2-6H2,1H3. The van der Waals surface area contributed by atoms with E-state index in [1.807, 2.05) is 6.07 Å². The number of ether oxygens (including phenoxy) is 2. The first-order valence-corrected chi connectivity index (χ1v) is 8.12. The first-order valence-electron chi connectivity index (χ1n) is 6.53. The fourth-order valence-electron chi connectivity index (χ4n) is 2.24. The number of esters is 1. The van der Waals surface area contributed by atoms with Crippen molar-refractivity contribution in [1.82, 2.24) is 0 Å². The molecule has 0 aliphatic carbocycles. The molecular formula is C14H17Br2NO3. The van der Waals surface area contributed by atoms with E-state index < -0.39 is 0 Å². The molecule has 1 unspecified atom stereocenters. The molecule has 4 nitrogen and oxygen atoms in total. The average Bonchev–Trinajstić information content (AvgIpc) is 2.69. The number of hydrogen-bond donors (Lipinski definition) is 1. The highest BCUT2D eigenvalue weighted by molar-refractivity contribution is 9.11. The predicted molar refractivity (Wildman–Crippen MR) is 85.3 cm³/mol. The maximum absolute atomic E-state index is 11.9. The molecule has 0 spiro atoms. The molecule has 1 heterocycles. The van der Waals surface area contributed by atoms with Gasteiger partial charge in [0.1, 0.15) is 0 Å². The van der Waals surface area contributed by atoms with Gasteiger partial charge in [0.2, 0.25) is 0 Å². The van der Waals surface area contributed by atoms with Crippen LogP contribution in [-0.4, -0.2) is 32.3 Å². The number of anilines is 1. The molecule has 1 aromatic carbocycles. The Hall–Kier alpha value is -0.590. The minimum atomic E-state index is -0.348. The lowest BCUT2D eigenvalue weighted by Crippen LogP contribution is -2.22. The molecule has 1 atom stereocenters. The third-order valence-electron chi connectivity index (χ3n) is 3.26. The van der Waals surface area contributed by atoms with Crippen LogP contribution in [0.5, 0.6) is 0 Å². The molecule has 0 radical (unpaired) electrons. The molecule has 0 saturated carbocycles. The zero-order valence-electron chi connectivity index (χ0n) is 11.2. The molecule has 0 aromatic heterocycles. The first-order chi connectivity index (χ1) is 9.61. The van der Waals surface area contributed by atoms with Gasteiger partial charge in [-0.2, -0.15) is 0 Å². The molecule has 1 aromatic rings. The van der Waals surface area contributed by atoms with Crippen LogP contribution in [0.2, 0.25) is 0 Å². The molecule has 20 heavy (non-hydrogen) atoms. The zero-order valence-corrected chi connectivity index (χ0v) is 14.4. The number of methoxy groups -OCH3 is 1. The molecular weight excluding hydrogens is 390 g/mol. The largest absolute Gasteiger partial charge is 0.465 e. The van der Waals surface area contributed by atoms with E-state index in [1.54, 1.807) is 6.07 Å². The van der Waals surface area contributed by atoms with Crippen LogP contribution in [0, 0.1) is 0 Å². The highest BCUT2D eigenvalue weighted by atomic mass is 79.9. The summed E-state index contributed by atoms with van der Waals surface area (Å²) in [6, 6.07) is 3.99. The summed E-state index contributed by atoms with van der Waals surface area (Å²) in [5.74, 6) is -0.348. The Balaban J connectivity index is 2.26. The number of halogens is 2. The Morgan fingerprint density at radius 3 is 2.90 bits per heavy atom. The van der Waals surface area contributed by atoms with Crippen LogP contribution in [0.15, 0.2) is 21.1 Å². The first kappa shape index (κ1) is 15.8. The van der Waals surface area contributed by atoms with Crippen molar-refractivity contribution in [3.05, 3.63) is 26.6 Å². The molecule has 1 N–H and O–H groups in total. The van der Waals surface area contributed by atoms with Gasteiger partial charge in [0.25, 0.3) is 0 Å². The Morgan fingerprint density at radius 2 is 2.15 bits per heavy atom. The van der Waals surface area contributed by atoms with Crippen molar-refractivity contribution in [1.29, 1.82) is 0 Å². The second-order valence-electron chi connectivity index (χ2n) is 4.69. The summed E-state index contributed by atoms with van der Waals surface area (Å²) in [6.45, 7) is 1.56. The van der Waals surface area contributed by atoms with Crippen molar-refractivity contribution in [3.8, 4) is 0 Å². The summed E-state index contributed by atoms with van der Waals surface area (Å²) in [7, 11) is 1.39. The fraction of sp³-hybridized carbons (Fsp3) is 0.500. The average molecular weight is 407 g/mol. The van der Waals surface area contributed by atoms with Crippen molar-refractivity contribution in [2.45, 2.75) is 25.3 Å². The van der Waals surface area contributed by atoms with Gasteiger partial charge < -0.3 is 14.8 Å². The smallest absolute Gasteiger partial charge is 0.340 e. The van der Waals surface area contributed by atoms with Gasteiger partial charge in [-0.15, -0.1) is 0 Å². The van der Waals surface area contributed by atoms with Gasteiger partial charge in [-0.25, -0.2) is 4.79 Å². The maximum atomic E-state index is 11.9. The van der Waals surface area contributed by atoms with Crippen LogP contribution < -0.4 is 5.32 Å². The van der Waals surface area contributed by atoms with Gasteiger partial charge in [-0.1, -0.05) is 15.9 Å². The minimum Gasteiger partial charge on any atom is -0.465 e. The normalized spacial score (nSPS) is 19.2. The van der Waals surface area contributed by atoms with Gasteiger partial charge in [0, 0.05) is 28.2 Å². The summed E-state index contributed by atoms with van der Waals surface area (Å²) in [4.78, 5) is 11.9. The van der Waals surface area contributed by atoms with Gasteiger partial charge in [-0.05, 0) is 47.3 Å². The van der Waals surface area contributed by atoms with Crippen LogP contribution in [0.3, 0.4) is 0 Å². The highest BCUT2D eigenvalue weighted by Gasteiger charge is 2.20. The molecule has 0 amide bonds. The van der Waals surface area contributed by atoms with Crippen LogP contribution in [-0.2, 0) is 9.47 Å². The summed E-state index contributed by atoms with van der Waals surface area (Å²) in [5, 5.41) is 3.45. The fourth-order valence-corrected chi connectivity index (χ4v) is 3.58. The minimum absolute atomic E-state index is 0.304. The number of carbonyl (C=O) groups excluding carboxylic acids is 1. The Kier molecular flexibility index (Phi) is 5.86. The molecule has 110 valence electrons. The summed E-state index contributed by atoms with van der Waals surface area (Å²) in [5.41, 5.74) is 1.31. The lowest BCUT2D eigenvalue weighted by atomic mass is 10.1. The van der Waals surface area contributed by atoms with E-state index in [-0.39, 0.29) is 5.97 Å². The van der Waals surface area contributed by atoms with Crippen molar-refractivity contribution in [2.24, 2.45) is 0 Å². The van der Waals surface area contributed by atoms with Crippen LogP contribution in [0.25, 0.3) is 0 Å². The van der Waals surface area contributed by atoms with Crippen molar-refractivity contribution in [3.63, 3.8) is 0 Å². The van der Waals surface area contributed by atoms with E-state index in [0.29, 0.717) is 11.6 Å². The van der Waals surface area contributed by atoms with Crippen molar-refractivity contribution >= 4 is 43.5 Å². The third-order valence-corrected chi connectivity index (χ3v) is 4.34. The van der Waals surface area contributed by atoms with E-state index in [4.69, 9.17) is 9.47 Å². The highest BCUT2D eigenvalue weighted by Crippen LogP contribution is 2.32. The molecule has 0 bridgehead atoms. The van der Waals surface area contributed by atoms with E-state index in [2.05, 4.69) is 37.2 Å². The van der Waals surface area contributed by atoms with Gasteiger partial charge in [0.05, 0.1) is 18.4 Å². The second kappa shape index (κ2) is 7.43. The zero-order chi connectivity index (χ0) is 14.5. The van der Waals surface area contributed by atoms with E-state index in [9.17, 15) is 4.79 Å². The number of rotatable bonds is 3. The predicted octanol–water partition coefficient (Wildman–Crippen LogP) is 3.98. The Bertz CT molecular complexity index is 486. The van der Waals surface area contributed by atoms with Gasteiger partial charge in [-0.3, -0.25) is 0 Å². The second-order valence-corrected chi connectivity index (χ2v) is 6.46. The van der Waals surface area contributed by atoms with Crippen molar-refractivity contribution < 1.29 is 14.3 Å². The monoisotopic (exact) mass is 405 g/mol.